The predicted molar refractivity (Wildman–Crippen MR) is 92.3 cm³/mol. The number of hydrogen-bond acceptors (Lipinski definition) is 4. The van der Waals surface area contributed by atoms with Crippen molar-refractivity contribution in [2.24, 2.45) is 0 Å². The molecular weight excluding hydrogens is 278 g/mol. The second kappa shape index (κ2) is 8.62. The normalized spacial score (nSPS) is 16.1. The lowest BCUT2D eigenvalue weighted by molar-refractivity contribution is 0.515. The molecule has 0 aromatic carbocycles. The molecule has 4 heteroatoms. The van der Waals surface area contributed by atoms with Crippen molar-refractivity contribution in [1.82, 2.24) is 9.97 Å². The van der Waals surface area contributed by atoms with Gasteiger partial charge in [-0.25, -0.2) is 9.97 Å². The molecule has 0 amide bonds. The van der Waals surface area contributed by atoms with Crippen LogP contribution in [0.5, 0.6) is 0 Å². The summed E-state index contributed by atoms with van der Waals surface area (Å²) in [5.41, 5.74) is 1.24. The molecule has 118 valence electrons. The molecule has 0 spiro atoms. The van der Waals surface area contributed by atoms with Crippen LogP contribution in [0.3, 0.4) is 0 Å². The average molecular weight is 308 g/mol. The summed E-state index contributed by atoms with van der Waals surface area (Å²) in [6.45, 7) is 7.53. The molecule has 21 heavy (non-hydrogen) atoms. The third kappa shape index (κ3) is 4.87. The highest BCUT2D eigenvalue weighted by Gasteiger charge is 2.18. The van der Waals surface area contributed by atoms with E-state index in [1.54, 1.807) is 0 Å². The fraction of sp³-hybridized carbons (Fsp3) is 0.765. The molecule has 1 aliphatic carbocycles. The number of hydrogen-bond donors (Lipinski definition) is 1. The predicted octanol–water partition coefficient (Wildman–Crippen LogP) is 4.98. The van der Waals surface area contributed by atoms with E-state index < -0.39 is 0 Å². The standard InChI is InChI=1S/C17H29N3S/c1-4-9-15-19-16(18-12-5-2)13(3)17(20-15)21-14-10-7-6-8-11-14/h14H,4-12H2,1-3H3,(H,18,19,20). The molecule has 0 unspecified atom stereocenters. The zero-order chi connectivity index (χ0) is 15.1. The molecular formula is C17H29N3S. The summed E-state index contributed by atoms with van der Waals surface area (Å²) < 4.78 is 0. The lowest BCUT2D eigenvalue weighted by atomic mass is 10.0. The van der Waals surface area contributed by atoms with Gasteiger partial charge in [-0.3, -0.25) is 0 Å². The maximum Gasteiger partial charge on any atom is 0.133 e. The maximum absolute atomic E-state index is 4.84. The Labute approximate surface area is 133 Å². The number of rotatable bonds is 7. The van der Waals surface area contributed by atoms with Crippen molar-refractivity contribution in [3.05, 3.63) is 11.4 Å². The van der Waals surface area contributed by atoms with Crippen molar-refractivity contribution in [3.63, 3.8) is 0 Å². The molecule has 3 nitrogen and oxygen atoms in total. The molecule has 1 aromatic rings. The van der Waals surface area contributed by atoms with Gasteiger partial charge < -0.3 is 5.32 Å². The first-order valence-corrected chi connectivity index (χ1v) is 9.40. The van der Waals surface area contributed by atoms with Crippen molar-refractivity contribution in [3.8, 4) is 0 Å². The van der Waals surface area contributed by atoms with E-state index in [1.807, 2.05) is 11.8 Å². The Balaban J connectivity index is 2.17. The Hall–Kier alpha value is -0.770. The minimum atomic E-state index is 0.751. The minimum absolute atomic E-state index is 0.751. The van der Waals surface area contributed by atoms with Crippen LogP contribution in [0.2, 0.25) is 0 Å². The lowest BCUT2D eigenvalue weighted by Crippen LogP contribution is -2.12. The molecule has 0 aliphatic heterocycles. The van der Waals surface area contributed by atoms with Crippen molar-refractivity contribution in [2.45, 2.75) is 82.4 Å². The highest BCUT2D eigenvalue weighted by atomic mass is 32.2. The average Bonchev–Trinajstić information content (AvgIpc) is 2.50. The molecule has 1 aromatic heterocycles. The van der Waals surface area contributed by atoms with Gasteiger partial charge in [0.25, 0.3) is 0 Å². The van der Waals surface area contributed by atoms with Crippen LogP contribution in [-0.2, 0) is 6.42 Å². The van der Waals surface area contributed by atoms with Gasteiger partial charge in [0, 0.05) is 23.8 Å². The van der Waals surface area contributed by atoms with Gasteiger partial charge in [0.1, 0.15) is 16.7 Å². The minimum Gasteiger partial charge on any atom is -0.370 e. The van der Waals surface area contributed by atoms with Gasteiger partial charge in [0.05, 0.1) is 0 Å². The molecule has 0 radical (unpaired) electrons. The molecule has 1 heterocycles. The SMILES string of the molecule is CCCNc1nc(CCC)nc(SC2CCCCC2)c1C. The van der Waals surface area contributed by atoms with Crippen LogP contribution in [0.25, 0.3) is 0 Å². The molecule has 1 saturated carbocycles. The summed E-state index contributed by atoms with van der Waals surface area (Å²) >= 11 is 1.99. The van der Waals surface area contributed by atoms with Gasteiger partial charge in [-0.15, -0.1) is 11.8 Å². The summed E-state index contributed by atoms with van der Waals surface area (Å²) in [5, 5.41) is 5.43. The van der Waals surface area contributed by atoms with E-state index >= 15 is 0 Å². The van der Waals surface area contributed by atoms with Crippen LogP contribution in [0.1, 0.15) is 70.2 Å². The smallest absolute Gasteiger partial charge is 0.133 e. The van der Waals surface area contributed by atoms with E-state index in [0.29, 0.717) is 0 Å². The van der Waals surface area contributed by atoms with Crippen LogP contribution < -0.4 is 5.32 Å². The monoisotopic (exact) mass is 307 g/mol. The Kier molecular flexibility index (Phi) is 6.81. The highest BCUT2D eigenvalue weighted by Crippen LogP contribution is 2.35. The van der Waals surface area contributed by atoms with E-state index in [1.165, 1.54) is 42.7 Å². The van der Waals surface area contributed by atoms with Crippen molar-refractivity contribution >= 4 is 17.6 Å². The van der Waals surface area contributed by atoms with E-state index in [0.717, 1.165) is 42.7 Å². The second-order valence-electron chi connectivity index (χ2n) is 5.97. The van der Waals surface area contributed by atoms with Gasteiger partial charge in [-0.1, -0.05) is 33.1 Å². The van der Waals surface area contributed by atoms with E-state index in [4.69, 9.17) is 9.97 Å². The van der Waals surface area contributed by atoms with Gasteiger partial charge in [-0.2, -0.15) is 0 Å². The fourth-order valence-electron chi connectivity index (χ4n) is 2.75. The summed E-state index contributed by atoms with van der Waals surface area (Å²) in [4.78, 5) is 9.55. The third-order valence-corrected chi connectivity index (χ3v) is 5.42. The molecule has 1 aliphatic rings. The highest BCUT2D eigenvalue weighted by molar-refractivity contribution is 7.99. The van der Waals surface area contributed by atoms with E-state index in [2.05, 4.69) is 26.1 Å². The molecule has 1 fully saturated rings. The molecule has 1 N–H and O–H groups in total. The first-order valence-electron chi connectivity index (χ1n) is 8.52. The molecule has 0 bridgehead atoms. The quantitative estimate of drug-likeness (QED) is 0.721. The van der Waals surface area contributed by atoms with Crippen LogP contribution in [0.15, 0.2) is 5.03 Å². The maximum atomic E-state index is 4.84. The van der Waals surface area contributed by atoms with Crippen LogP contribution in [0.4, 0.5) is 5.82 Å². The van der Waals surface area contributed by atoms with Gasteiger partial charge in [0.2, 0.25) is 0 Å². The summed E-state index contributed by atoms with van der Waals surface area (Å²) in [6.07, 6.45) is 10.0. The Morgan fingerprint density at radius 2 is 1.86 bits per heavy atom. The number of nitrogens with one attached hydrogen (secondary N) is 1. The number of aromatic nitrogens is 2. The van der Waals surface area contributed by atoms with E-state index in [9.17, 15) is 0 Å². The van der Waals surface area contributed by atoms with Crippen molar-refractivity contribution in [2.75, 3.05) is 11.9 Å². The molecule has 2 rings (SSSR count). The third-order valence-electron chi connectivity index (χ3n) is 3.99. The van der Waals surface area contributed by atoms with Crippen LogP contribution in [-0.4, -0.2) is 21.8 Å². The zero-order valence-corrected chi connectivity index (χ0v) is 14.6. The largest absolute Gasteiger partial charge is 0.370 e. The van der Waals surface area contributed by atoms with Crippen molar-refractivity contribution in [1.29, 1.82) is 0 Å². The number of thioether (sulfide) groups is 1. The summed E-state index contributed by atoms with van der Waals surface area (Å²) in [5.74, 6) is 2.05. The summed E-state index contributed by atoms with van der Waals surface area (Å²) in [6, 6.07) is 0. The van der Waals surface area contributed by atoms with Gasteiger partial charge in [0.15, 0.2) is 0 Å². The topological polar surface area (TPSA) is 37.8 Å². The van der Waals surface area contributed by atoms with Crippen molar-refractivity contribution < 1.29 is 0 Å². The Bertz CT molecular complexity index is 442. The van der Waals surface area contributed by atoms with E-state index in [-0.39, 0.29) is 0 Å². The Morgan fingerprint density at radius 3 is 2.52 bits per heavy atom. The van der Waals surface area contributed by atoms with Gasteiger partial charge in [-0.05, 0) is 32.6 Å². The lowest BCUT2D eigenvalue weighted by Gasteiger charge is -2.22. The molecule has 0 atom stereocenters. The number of nitrogens with zero attached hydrogens (tertiary/aromatic N) is 2. The second-order valence-corrected chi connectivity index (χ2v) is 7.26. The van der Waals surface area contributed by atoms with Crippen LogP contribution >= 0.6 is 11.8 Å². The van der Waals surface area contributed by atoms with Crippen LogP contribution in [0, 0.1) is 6.92 Å². The first kappa shape index (κ1) is 16.6. The number of anilines is 1. The zero-order valence-electron chi connectivity index (χ0n) is 13.7. The fourth-order valence-corrected chi connectivity index (χ4v) is 4.06. The number of aryl methyl sites for hydroxylation is 1. The Morgan fingerprint density at radius 1 is 1.10 bits per heavy atom. The molecule has 0 saturated heterocycles. The van der Waals surface area contributed by atoms with Gasteiger partial charge >= 0.3 is 0 Å². The first-order chi connectivity index (χ1) is 10.2. The summed E-state index contributed by atoms with van der Waals surface area (Å²) in [7, 11) is 0.